The Balaban J connectivity index is 0.00000300. The normalized spacial score (nSPS) is 17.1. The van der Waals surface area contributed by atoms with Crippen LogP contribution in [0.3, 0.4) is 0 Å². The van der Waals surface area contributed by atoms with Crippen LogP contribution < -0.4 is 10.6 Å². The topological polar surface area (TPSA) is 48.9 Å². The van der Waals surface area contributed by atoms with Crippen molar-refractivity contribution in [2.24, 2.45) is 4.99 Å². The quantitative estimate of drug-likeness (QED) is 0.338. The van der Waals surface area contributed by atoms with Gasteiger partial charge in [-0.3, -0.25) is 9.89 Å². The molecule has 3 rings (SSSR count). The second kappa shape index (κ2) is 12.8. The zero-order valence-corrected chi connectivity index (χ0v) is 19.7. The Morgan fingerprint density at radius 1 is 1.00 bits per heavy atom. The van der Waals surface area contributed by atoms with E-state index in [1.54, 1.807) is 0 Å². The van der Waals surface area contributed by atoms with E-state index in [4.69, 9.17) is 9.73 Å². The molecule has 2 N–H and O–H groups in total. The summed E-state index contributed by atoms with van der Waals surface area (Å²) >= 11 is 0. The summed E-state index contributed by atoms with van der Waals surface area (Å²) in [5.41, 5.74) is 2.56. The highest BCUT2D eigenvalue weighted by molar-refractivity contribution is 14.0. The smallest absolute Gasteiger partial charge is 0.191 e. The fraction of sp³-hybridized carbons (Fsp3) is 0.435. The predicted octanol–water partition coefficient (Wildman–Crippen LogP) is 3.99. The van der Waals surface area contributed by atoms with E-state index in [-0.39, 0.29) is 36.1 Å². The first-order valence-electron chi connectivity index (χ1n) is 10.2. The zero-order chi connectivity index (χ0) is 19.6. The lowest BCUT2D eigenvalue weighted by molar-refractivity contribution is 0.0179. The van der Waals surface area contributed by atoms with E-state index in [2.05, 4.69) is 84.0 Å². The molecule has 1 fully saturated rings. The van der Waals surface area contributed by atoms with Gasteiger partial charge in [-0.2, -0.15) is 0 Å². The Bertz CT molecular complexity index is 720. The van der Waals surface area contributed by atoms with E-state index >= 15 is 0 Å². The maximum atomic E-state index is 5.55. The van der Waals surface area contributed by atoms with Crippen LogP contribution in [-0.4, -0.2) is 50.3 Å². The second-order valence-corrected chi connectivity index (χ2v) is 7.07. The van der Waals surface area contributed by atoms with Crippen LogP contribution in [-0.2, 0) is 4.74 Å². The molecule has 2 unspecified atom stereocenters. The highest BCUT2D eigenvalue weighted by atomic mass is 127. The van der Waals surface area contributed by atoms with E-state index in [9.17, 15) is 0 Å². The molecule has 2 aromatic carbocycles. The first-order valence-corrected chi connectivity index (χ1v) is 10.2. The number of hydrogen-bond donors (Lipinski definition) is 2. The summed E-state index contributed by atoms with van der Waals surface area (Å²) in [7, 11) is 0. The van der Waals surface area contributed by atoms with Gasteiger partial charge in [-0.25, -0.2) is 0 Å². The number of halogens is 1. The monoisotopic (exact) mass is 508 g/mol. The average molecular weight is 508 g/mol. The summed E-state index contributed by atoms with van der Waals surface area (Å²) in [5, 5.41) is 6.93. The molecule has 5 nitrogen and oxygen atoms in total. The van der Waals surface area contributed by atoms with Gasteiger partial charge in [0.1, 0.15) is 0 Å². The fourth-order valence-electron chi connectivity index (χ4n) is 3.52. The summed E-state index contributed by atoms with van der Waals surface area (Å²) in [4.78, 5) is 7.42. The Morgan fingerprint density at radius 3 is 2.17 bits per heavy atom. The van der Waals surface area contributed by atoms with Crippen molar-refractivity contribution >= 4 is 29.9 Å². The third-order valence-corrected chi connectivity index (χ3v) is 5.09. The molecule has 1 heterocycles. The van der Waals surface area contributed by atoms with Crippen LogP contribution in [0.2, 0.25) is 0 Å². The number of nitrogens with one attached hydrogen (secondary N) is 2. The van der Waals surface area contributed by atoms with Gasteiger partial charge < -0.3 is 15.4 Å². The van der Waals surface area contributed by atoms with Gasteiger partial charge in [0.25, 0.3) is 0 Å². The molecule has 0 amide bonds. The summed E-state index contributed by atoms with van der Waals surface area (Å²) < 4.78 is 5.55. The van der Waals surface area contributed by atoms with Gasteiger partial charge in [0.2, 0.25) is 0 Å². The van der Waals surface area contributed by atoms with Gasteiger partial charge >= 0.3 is 0 Å². The number of hydrogen-bond acceptors (Lipinski definition) is 3. The maximum Gasteiger partial charge on any atom is 0.191 e. The second-order valence-electron chi connectivity index (χ2n) is 7.07. The van der Waals surface area contributed by atoms with E-state index in [0.717, 1.165) is 38.8 Å². The number of guanidine groups is 1. The number of aliphatic imine (C=N–C) groups is 1. The van der Waals surface area contributed by atoms with Crippen molar-refractivity contribution in [1.29, 1.82) is 0 Å². The Kier molecular flexibility index (Phi) is 10.5. The molecule has 6 heteroatoms. The molecular weight excluding hydrogens is 475 g/mol. The van der Waals surface area contributed by atoms with Crippen LogP contribution in [0.15, 0.2) is 65.7 Å². The Labute approximate surface area is 192 Å². The molecule has 0 aliphatic carbocycles. The number of rotatable bonds is 7. The van der Waals surface area contributed by atoms with Gasteiger partial charge in [-0.1, -0.05) is 60.7 Å². The van der Waals surface area contributed by atoms with Gasteiger partial charge in [0, 0.05) is 19.6 Å². The van der Waals surface area contributed by atoms with Crippen molar-refractivity contribution in [3.05, 3.63) is 71.8 Å². The van der Waals surface area contributed by atoms with E-state index in [1.165, 1.54) is 11.1 Å². The Hall–Kier alpha value is -1.64. The molecule has 29 heavy (non-hydrogen) atoms. The number of benzene rings is 2. The first-order chi connectivity index (χ1) is 13.8. The highest BCUT2D eigenvalue weighted by Gasteiger charge is 2.22. The molecule has 0 aromatic heterocycles. The number of nitrogens with zero attached hydrogens (tertiary/aromatic N) is 2. The highest BCUT2D eigenvalue weighted by Crippen LogP contribution is 2.22. The molecule has 2 atom stereocenters. The minimum Gasteiger partial charge on any atom is -0.379 e. The van der Waals surface area contributed by atoms with E-state index in [1.807, 2.05) is 6.07 Å². The van der Waals surface area contributed by atoms with Crippen LogP contribution >= 0.6 is 24.0 Å². The van der Waals surface area contributed by atoms with Crippen molar-refractivity contribution in [3.8, 4) is 0 Å². The van der Waals surface area contributed by atoms with Gasteiger partial charge in [0.15, 0.2) is 5.96 Å². The van der Waals surface area contributed by atoms with Gasteiger partial charge in [-0.15, -0.1) is 24.0 Å². The van der Waals surface area contributed by atoms with Crippen molar-refractivity contribution in [2.75, 3.05) is 39.4 Å². The molecular formula is C23H33IN4O. The average Bonchev–Trinajstić information content (AvgIpc) is 2.76. The minimum atomic E-state index is 0. The number of ether oxygens (including phenoxy) is 1. The standard InChI is InChI=1S/C23H32N4O.HI/c1-3-24-23(26-19(2)20-10-6-4-7-11-20)25-18-22(21-12-8-5-9-13-21)27-14-16-28-17-15-27;/h4-13,19,22H,3,14-18H2,1-2H3,(H2,24,25,26);1H. The molecule has 0 saturated carbocycles. The molecule has 1 saturated heterocycles. The SMILES string of the molecule is CCNC(=NCC(c1ccccc1)N1CCOCC1)NC(C)c1ccccc1.I. The summed E-state index contributed by atoms with van der Waals surface area (Å²) in [6.45, 7) is 9.27. The van der Waals surface area contributed by atoms with Crippen LogP contribution in [0, 0.1) is 0 Å². The molecule has 0 bridgehead atoms. The maximum absolute atomic E-state index is 5.55. The van der Waals surface area contributed by atoms with Crippen LogP contribution in [0.1, 0.15) is 37.1 Å². The first kappa shape index (κ1) is 23.6. The van der Waals surface area contributed by atoms with Crippen molar-refractivity contribution in [3.63, 3.8) is 0 Å². The third-order valence-electron chi connectivity index (χ3n) is 5.09. The van der Waals surface area contributed by atoms with Crippen LogP contribution in [0.4, 0.5) is 0 Å². The fourth-order valence-corrected chi connectivity index (χ4v) is 3.52. The molecule has 1 aliphatic rings. The van der Waals surface area contributed by atoms with Crippen LogP contribution in [0.5, 0.6) is 0 Å². The van der Waals surface area contributed by atoms with Crippen molar-refractivity contribution in [1.82, 2.24) is 15.5 Å². The lowest BCUT2D eigenvalue weighted by Gasteiger charge is -2.34. The predicted molar refractivity (Wildman–Crippen MR) is 131 cm³/mol. The summed E-state index contributed by atoms with van der Waals surface area (Å²) in [5.74, 6) is 0.855. The lowest BCUT2D eigenvalue weighted by atomic mass is 10.0. The van der Waals surface area contributed by atoms with Crippen LogP contribution in [0.25, 0.3) is 0 Å². The lowest BCUT2D eigenvalue weighted by Crippen LogP contribution is -2.42. The van der Waals surface area contributed by atoms with Crippen molar-refractivity contribution in [2.45, 2.75) is 25.9 Å². The van der Waals surface area contributed by atoms with E-state index < -0.39 is 0 Å². The minimum absolute atomic E-state index is 0. The Morgan fingerprint density at radius 2 is 1.59 bits per heavy atom. The van der Waals surface area contributed by atoms with Crippen molar-refractivity contribution < 1.29 is 4.74 Å². The summed E-state index contributed by atoms with van der Waals surface area (Å²) in [6, 6.07) is 21.6. The number of morpholine rings is 1. The third kappa shape index (κ3) is 7.28. The largest absolute Gasteiger partial charge is 0.379 e. The summed E-state index contributed by atoms with van der Waals surface area (Å²) in [6.07, 6.45) is 0. The molecule has 158 valence electrons. The van der Waals surface area contributed by atoms with E-state index in [0.29, 0.717) is 6.54 Å². The van der Waals surface area contributed by atoms with Gasteiger partial charge in [-0.05, 0) is 25.0 Å². The molecule has 2 aromatic rings. The molecule has 1 aliphatic heterocycles. The molecule has 0 radical (unpaired) electrons. The van der Waals surface area contributed by atoms with Gasteiger partial charge in [0.05, 0.1) is 31.8 Å². The zero-order valence-electron chi connectivity index (χ0n) is 17.4. The molecule has 0 spiro atoms.